The smallest absolute Gasteiger partial charge is 0.341 e. The monoisotopic (exact) mass is 1200 g/mol. The number of halogens is 2. The van der Waals surface area contributed by atoms with Gasteiger partial charge < -0.3 is 69.4 Å². The molecule has 2 aromatic carbocycles. The fourth-order valence-electron chi connectivity index (χ4n) is 17.7. The Hall–Kier alpha value is -7.49. The van der Waals surface area contributed by atoms with E-state index in [1.165, 1.54) is 43.8 Å². The molecule has 8 fully saturated rings. The number of aromatic nitrogens is 3. The number of fused-ring (bicyclic) bond motifs is 11. The van der Waals surface area contributed by atoms with Crippen molar-refractivity contribution >= 4 is 46.7 Å². The number of carboxylic acids is 1. The van der Waals surface area contributed by atoms with Crippen molar-refractivity contribution in [2.24, 2.45) is 57.7 Å². The summed E-state index contributed by atoms with van der Waals surface area (Å²) in [7, 11) is 0. The van der Waals surface area contributed by atoms with E-state index in [2.05, 4.69) is 20.9 Å². The van der Waals surface area contributed by atoms with Crippen LogP contribution in [0.15, 0.2) is 57.9 Å². The molecule has 1 spiro atoms. The molecule has 3 saturated heterocycles. The van der Waals surface area contributed by atoms with Crippen LogP contribution in [0.25, 0.3) is 33.4 Å². The molecule has 8 N–H and O–H groups in total. The zero-order chi connectivity index (χ0) is 61.5. The van der Waals surface area contributed by atoms with Crippen LogP contribution in [-0.4, -0.2) is 148 Å². The molecule has 1 aromatic heterocycles. The highest BCUT2D eigenvalue weighted by molar-refractivity contribution is 6.09. The van der Waals surface area contributed by atoms with Crippen LogP contribution in [0.2, 0.25) is 0 Å². The van der Waals surface area contributed by atoms with Gasteiger partial charge in [-0.2, -0.15) is 0 Å². The number of hydrogen-bond acceptors (Lipinski definition) is 20. The second kappa shape index (κ2) is 19.3. The summed E-state index contributed by atoms with van der Waals surface area (Å²) < 4.78 is 67.4. The van der Waals surface area contributed by atoms with Gasteiger partial charge in [0.05, 0.1) is 54.2 Å². The van der Waals surface area contributed by atoms with Crippen molar-refractivity contribution in [3.8, 4) is 28.2 Å². The minimum absolute atomic E-state index is 0.0462. The molecule has 0 bridgehead atoms. The van der Waals surface area contributed by atoms with Crippen molar-refractivity contribution < 1.29 is 96.3 Å². The van der Waals surface area contributed by atoms with Gasteiger partial charge in [-0.05, 0) is 80.2 Å². The number of esters is 3. The molecule has 10 aliphatic rings. The number of phenols is 1. The number of nitrogens with one attached hydrogen (secondary N) is 2. The van der Waals surface area contributed by atoms with Gasteiger partial charge in [0, 0.05) is 89.6 Å². The number of carbonyl (C=O) groups is 6. The lowest BCUT2D eigenvalue weighted by molar-refractivity contribution is -0.285. The molecule has 2 amide bonds. The summed E-state index contributed by atoms with van der Waals surface area (Å²) in [6, 6.07) is 6.00. The molecule has 5 heterocycles. The fourth-order valence-corrected chi connectivity index (χ4v) is 17.7. The van der Waals surface area contributed by atoms with Crippen LogP contribution in [0.4, 0.5) is 8.78 Å². The summed E-state index contributed by atoms with van der Waals surface area (Å²) in [5, 5.41) is 85.6. The second-order valence-corrected chi connectivity index (χ2v) is 25.6. The Morgan fingerprint density at radius 1 is 0.884 bits per heavy atom. The lowest BCUT2D eigenvalue weighted by atomic mass is 9.40. The Balaban J connectivity index is 0.736. The quantitative estimate of drug-likeness (QED) is 0.0385. The number of hydrogen-bond donors (Lipinski definition) is 8. The SMILES string of the molecule is CC(=O)O[C@H]1C2C([C@@H](O)[C@H](NC(=O)CCCn3cc(CNC(=O)c4ccc(-c5c6cc(F)c(=O)cc-6oc6cc(O)c(F)cc56)c(C(=O)O)c4)nn3)[C@H]3C[C@@H]4O[C@@H]4[C@H](O)[C@]23C)[C@@H]2[C@@H](O)[C@@H]3[C@H]([C@H](C)[C@H]4O[C@]45OC(=O)[C@@](C)(O)[C@]35C)[C@@]2(C)[C@H]1OC(C)=O. The molecular formula is C60H63F2N5O19. The van der Waals surface area contributed by atoms with E-state index in [4.69, 9.17) is 28.1 Å². The fraction of sp³-hybridized carbons (Fsp3) is 0.550. The number of carboxylic acid groups (broad SMARTS) is 1. The largest absolute Gasteiger partial charge is 0.505 e. The summed E-state index contributed by atoms with van der Waals surface area (Å²) in [6.07, 6.45) is -6.89. The molecule has 24 nitrogen and oxygen atoms in total. The number of aliphatic hydroxyl groups excluding tert-OH is 3. The highest BCUT2D eigenvalue weighted by Gasteiger charge is 2.93. The standard InChI is InChI=1S/C60H63F2N5O19/c1-21-41-44(58(6)59(7,80)55(79)86-60(58)51(21)85-60)47(74)42-40-43(49(81-22(2)68)52(57(41,42)5)82-23(3)69)56(4)30(16-37-48(84-37)50(56)75)45(46(40)73)64-38(72)9-8-12-67-20-25(65-66-67)19-63-53(76)24-10-11-26(27(13-24)54(77)78)39-28-14-31(61)33(70)17-35(28)83-36-18-34(71)32(62)15-29(36)39/h10-11,13-15,17-18,20-21,30,37,40-52,70,73-75,80H,8-9,12,16,19H2,1-7H3,(H,63,76)(H,64,72)(H,77,78)/t21-,30+,37-,40?,41-,42+,43?,44-,45+,46+,47+,48-,49-,50-,51+,52-,56-,57+,58-,59+,60-/m0/s1. The van der Waals surface area contributed by atoms with Gasteiger partial charge in [-0.1, -0.05) is 32.1 Å². The van der Waals surface area contributed by atoms with Crippen LogP contribution in [0.1, 0.15) is 94.1 Å². The lowest BCUT2D eigenvalue weighted by Gasteiger charge is -2.67. The molecule has 21 atom stereocenters. The van der Waals surface area contributed by atoms with Gasteiger partial charge in [-0.15, -0.1) is 5.10 Å². The van der Waals surface area contributed by atoms with E-state index < -0.39 is 188 Å². The van der Waals surface area contributed by atoms with E-state index in [1.54, 1.807) is 20.8 Å². The molecule has 13 rings (SSSR count). The van der Waals surface area contributed by atoms with E-state index in [0.717, 1.165) is 30.3 Å². The Morgan fingerprint density at radius 2 is 1.62 bits per heavy atom. The van der Waals surface area contributed by atoms with E-state index in [1.807, 2.05) is 6.92 Å². The van der Waals surface area contributed by atoms with Gasteiger partial charge in [0.15, 0.2) is 23.0 Å². The van der Waals surface area contributed by atoms with Crippen LogP contribution >= 0.6 is 0 Å². The van der Waals surface area contributed by atoms with Crippen LogP contribution < -0.4 is 16.1 Å². The van der Waals surface area contributed by atoms with Crippen LogP contribution in [0, 0.1) is 69.3 Å². The number of aromatic carboxylic acids is 1. The third-order valence-electron chi connectivity index (χ3n) is 21.5. The Morgan fingerprint density at radius 3 is 2.33 bits per heavy atom. The topological polar surface area (TPSA) is 362 Å². The zero-order valence-corrected chi connectivity index (χ0v) is 47.5. The number of benzene rings is 3. The summed E-state index contributed by atoms with van der Waals surface area (Å²) >= 11 is 0. The molecule has 26 heteroatoms. The van der Waals surface area contributed by atoms with Gasteiger partial charge in [-0.3, -0.25) is 28.7 Å². The predicted molar refractivity (Wildman–Crippen MR) is 287 cm³/mol. The number of epoxide rings is 2. The zero-order valence-electron chi connectivity index (χ0n) is 47.5. The van der Waals surface area contributed by atoms with Crippen molar-refractivity contribution in [2.75, 3.05) is 0 Å². The van der Waals surface area contributed by atoms with Gasteiger partial charge in [0.25, 0.3) is 5.91 Å². The van der Waals surface area contributed by atoms with E-state index in [0.29, 0.717) is 0 Å². The summed E-state index contributed by atoms with van der Waals surface area (Å²) in [5.74, 6) is -16.3. The molecule has 86 heavy (non-hydrogen) atoms. The third kappa shape index (κ3) is 7.87. The maximum Gasteiger partial charge on any atom is 0.341 e. The van der Waals surface area contributed by atoms with Crippen molar-refractivity contribution in [3.05, 3.63) is 87.3 Å². The summed E-state index contributed by atoms with van der Waals surface area (Å²) in [5.41, 5.74) is -8.24. The number of rotatable bonds is 12. The maximum absolute atomic E-state index is 14.8. The first kappa shape index (κ1) is 57.6. The Bertz CT molecular complexity index is 3800. The average Bonchev–Trinajstić information content (AvgIpc) is 1.44. The van der Waals surface area contributed by atoms with Crippen molar-refractivity contribution in [1.82, 2.24) is 25.6 Å². The molecule has 4 aliphatic heterocycles. The molecule has 2 unspecified atom stereocenters. The number of ether oxygens (including phenoxy) is 5. The highest BCUT2D eigenvalue weighted by atomic mass is 19.1. The Labute approximate surface area is 487 Å². The number of aromatic hydroxyl groups is 1. The molecule has 0 radical (unpaired) electrons. The highest BCUT2D eigenvalue weighted by Crippen LogP contribution is 2.81. The van der Waals surface area contributed by atoms with Gasteiger partial charge in [0.1, 0.15) is 41.5 Å². The molecule has 3 aromatic rings. The van der Waals surface area contributed by atoms with E-state index >= 15 is 0 Å². The van der Waals surface area contributed by atoms with Gasteiger partial charge in [0.2, 0.25) is 17.1 Å². The Kier molecular flexibility index (Phi) is 12.9. The van der Waals surface area contributed by atoms with Crippen LogP contribution in [0.3, 0.4) is 0 Å². The molecule has 6 aliphatic carbocycles. The molecular weight excluding hydrogens is 1130 g/mol. The number of carbonyl (C=O) groups excluding carboxylic acids is 5. The van der Waals surface area contributed by atoms with Crippen molar-refractivity contribution in [1.29, 1.82) is 0 Å². The minimum Gasteiger partial charge on any atom is -0.505 e. The van der Waals surface area contributed by atoms with Crippen LogP contribution in [-0.2, 0) is 56.0 Å². The first-order valence-corrected chi connectivity index (χ1v) is 28.6. The number of amides is 2. The average molecular weight is 1200 g/mol. The first-order chi connectivity index (χ1) is 40.5. The second-order valence-electron chi connectivity index (χ2n) is 25.6. The number of nitrogens with zero attached hydrogens (tertiary/aromatic N) is 3. The van der Waals surface area contributed by atoms with Gasteiger partial charge in [-0.25, -0.2) is 18.4 Å². The predicted octanol–water partition coefficient (Wildman–Crippen LogP) is 2.96. The normalized spacial score (nSPS) is 39.3. The first-order valence-electron chi connectivity index (χ1n) is 28.6. The lowest BCUT2D eigenvalue weighted by Crippen LogP contribution is -2.76. The van der Waals surface area contributed by atoms with Crippen molar-refractivity contribution in [3.63, 3.8) is 0 Å². The van der Waals surface area contributed by atoms with Crippen LogP contribution in [0.5, 0.6) is 5.75 Å². The van der Waals surface area contributed by atoms with E-state index in [-0.39, 0.29) is 77.0 Å². The third-order valence-corrected chi connectivity index (χ3v) is 21.5. The summed E-state index contributed by atoms with van der Waals surface area (Å²) in [6.45, 7) is 10.7. The number of aryl methyl sites for hydroxylation is 1. The van der Waals surface area contributed by atoms with Gasteiger partial charge >= 0.3 is 23.9 Å². The number of aliphatic hydroxyl groups is 4. The summed E-state index contributed by atoms with van der Waals surface area (Å²) in [4.78, 5) is 93.3. The van der Waals surface area contributed by atoms with E-state index in [9.17, 15) is 73.0 Å². The maximum atomic E-state index is 14.8. The number of phenolic OH excluding ortho intramolecular Hbond substituents is 1. The van der Waals surface area contributed by atoms with Crippen molar-refractivity contribution in [2.45, 2.75) is 147 Å². The minimum atomic E-state index is -2.20. The molecule has 5 saturated carbocycles. The molecule has 456 valence electrons.